The summed E-state index contributed by atoms with van der Waals surface area (Å²) in [7, 11) is 0. The zero-order chi connectivity index (χ0) is 21.0. The second kappa shape index (κ2) is 9.49. The Kier molecular flexibility index (Phi) is 7.02. The molecule has 3 rings (SSSR count). The van der Waals surface area contributed by atoms with E-state index < -0.39 is 6.04 Å². The number of anilines is 1. The van der Waals surface area contributed by atoms with E-state index in [1.807, 2.05) is 13.0 Å². The van der Waals surface area contributed by atoms with Crippen LogP contribution in [0.1, 0.15) is 35.0 Å². The zero-order valence-electron chi connectivity index (χ0n) is 16.3. The largest absolute Gasteiger partial charge is 0.340 e. The summed E-state index contributed by atoms with van der Waals surface area (Å²) in [4.78, 5) is 44.1. The summed E-state index contributed by atoms with van der Waals surface area (Å²) < 4.78 is 0.856. The number of halogens is 1. The first-order valence-corrected chi connectivity index (χ1v) is 11.0. The number of likely N-dealkylation sites (tertiary alicyclic amines) is 1. The van der Waals surface area contributed by atoms with Crippen LogP contribution in [0.4, 0.5) is 5.82 Å². The maximum absolute atomic E-state index is 12.8. The van der Waals surface area contributed by atoms with E-state index in [1.165, 1.54) is 11.3 Å². The second-order valence-corrected chi connectivity index (χ2v) is 9.60. The maximum Gasteiger partial charge on any atom is 0.262 e. The maximum atomic E-state index is 12.8. The minimum Gasteiger partial charge on any atom is -0.340 e. The third kappa shape index (κ3) is 5.63. The average molecular weight is 479 g/mol. The van der Waals surface area contributed by atoms with Gasteiger partial charge in [-0.1, -0.05) is 6.07 Å². The summed E-state index contributed by atoms with van der Waals surface area (Å²) in [6.07, 6.45) is 3.15. The summed E-state index contributed by atoms with van der Waals surface area (Å²) in [6, 6.07) is 6.49. The third-order valence-electron chi connectivity index (χ3n) is 4.78. The Balaban J connectivity index is 1.56. The van der Waals surface area contributed by atoms with Crippen molar-refractivity contribution in [2.24, 2.45) is 5.92 Å². The number of carbonyl (C=O) groups is 3. The van der Waals surface area contributed by atoms with E-state index in [0.717, 1.165) is 15.8 Å². The number of nitrogens with one attached hydrogen (secondary N) is 2. The van der Waals surface area contributed by atoms with Gasteiger partial charge in [0.25, 0.3) is 5.91 Å². The van der Waals surface area contributed by atoms with Crippen molar-refractivity contribution in [3.63, 3.8) is 0 Å². The van der Waals surface area contributed by atoms with Crippen LogP contribution < -0.4 is 10.6 Å². The molecule has 7 nitrogen and oxygen atoms in total. The fourth-order valence-electron chi connectivity index (χ4n) is 3.20. The molecule has 2 N–H and O–H groups in total. The van der Waals surface area contributed by atoms with E-state index in [1.54, 1.807) is 36.2 Å². The number of piperidine rings is 1. The van der Waals surface area contributed by atoms with Crippen molar-refractivity contribution in [3.8, 4) is 0 Å². The Morgan fingerprint density at radius 2 is 2.07 bits per heavy atom. The first-order valence-electron chi connectivity index (χ1n) is 9.42. The van der Waals surface area contributed by atoms with E-state index >= 15 is 0 Å². The molecule has 1 aliphatic heterocycles. The quantitative estimate of drug-likeness (QED) is 0.689. The topological polar surface area (TPSA) is 91.4 Å². The van der Waals surface area contributed by atoms with Crippen LogP contribution in [0.2, 0.25) is 0 Å². The molecule has 9 heteroatoms. The number of nitrogens with zero attached hydrogens (tertiary/aromatic N) is 2. The number of thiophene rings is 1. The average Bonchev–Trinajstić information content (AvgIpc) is 3.15. The fourth-order valence-corrected chi connectivity index (χ4v) is 4.49. The molecule has 154 valence electrons. The predicted molar refractivity (Wildman–Crippen MR) is 116 cm³/mol. The predicted octanol–water partition coefficient (Wildman–Crippen LogP) is 3.21. The van der Waals surface area contributed by atoms with E-state index in [4.69, 9.17) is 0 Å². The van der Waals surface area contributed by atoms with Gasteiger partial charge in [-0.3, -0.25) is 14.4 Å². The molecule has 2 aromatic rings. The summed E-state index contributed by atoms with van der Waals surface area (Å²) in [6.45, 7) is 4.51. The molecule has 2 aromatic heterocycles. The Morgan fingerprint density at radius 3 is 2.72 bits per heavy atom. The van der Waals surface area contributed by atoms with Crippen molar-refractivity contribution in [1.82, 2.24) is 15.2 Å². The first kappa shape index (κ1) is 21.4. The number of pyridine rings is 1. The van der Waals surface area contributed by atoms with Gasteiger partial charge < -0.3 is 15.5 Å². The highest BCUT2D eigenvalue weighted by molar-refractivity contribution is 9.11. The number of hydrogen-bond acceptors (Lipinski definition) is 5. The van der Waals surface area contributed by atoms with Crippen molar-refractivity contribution in [1.29, 1.82) is 0 Å². The van der Waals surface area contributed by atoms with Crippen LogP contribution in [-0.2, 0) is 9.59 Å². The normalized spacial score (nSPS) is 17.5. The van der Waals surface area contributed by atoms with Gasteiger partial charge in [-0.2, -0.15) is 0 Å². The second-order valence-electron chi connectivity index (χ2n) is 7.13. The molecule has 3 amide bonds. The lowest BCUT2D eigenvalue weighted by molar-refractivity contribution is -0.136. The lowest BCUT2D eigenvalue weighted by Gasteiger charge is -2.33. The molecule has 0 bridgehead atoms. The van der Waals surface area contributed by atoms with Crippen molar-refractivity contribution in [3.05, 3.63) is 44.7 Å². The van der Waals surface area contributed by atoms with E-state index in [-0.39, 0.29) is 23.6 Å². The molecule has 1 aliphatic rings. The molecule has 2 unspecified atom stereocenters. The number of aryl methyl sites for hydroxylation is 1. The van der Waals surface area contributed by atoms with Crippen LogP contribution in [0.3, 0.4) is 0 Å². The Bertz CT molecular complexity index is 899. The minimum atomic E-state index is -0.663. The Labute approximate surface area is 182 Å². The molecule has 1 fully saturated rings. The van der Waals surface area contributed by atoms with Gasteiger partial charge in [-0.05, 0) is 66.4 Å². The summed E-state index contributed by atoms with van der Waals surface area (Å²) in [5.41, 5.74) is 1.02. The summed E-state index contributed by atoms with van der Waals surface area (Å²) in [5.74, 6) is -0.393. The highest BCUT2D eigenvalue weighted by Gasteiger charge is 2.31. The molecule has 0 spiro atoms. The van der Waals surface area contributed by atoms with Crippen molar-refractivity contribution in [2.75, 3.05) is 18.4 Å². The van der Waals surface area contributed by atoms with E-state index in [2.05, 4.69) is 31.5 Å². The van der Waals surface area contributed by atoms with Gasteiger partial charge in [0, 0.05) is 19.3 Å². The smallest absolute Gasteiger partial charge is 0.262 e. The Morgan fingerprint density at radius 1 is 1.28 bits per heavy atom. The van der Waals surface area contributed by atoms with Crippen LogP contribution in [0.5, 0.6) is 0 Å². The van der Waals surface area contributed by atoms with Crippen LogP contribution in [-0.4, -0.2) is 46.7 Å². The van der Waals surface area contributed by atoms with Crippen LogP contribution in [0.15, 0.2) is 34.2 Å². The molecular formula is C20H23BrN4O3S. The number of hydrogen-bond donors (Lipinski definition) is 2. The molecule has 0 saturated carbocycles. The number of carbonyl (C=O) groups excluding carboxylic acids is 3. The highest BCUT2D eigenvalue weighted by Crippen LogP contribution is 2.22. The van der Waals surface area contributed by atoms with Gasteiger partial charge >= 0.3 is 0 Å². The summed E-state index contributed by atoms with van der Waals surface area (Å²) >= 11 is 4.64. The summed E-state index contributed by atoms with van der Waals surface area (Å²) in [5, 5.41) is 5.57. The molecule has 1 saturated heterocycles. The monoisotopic (exact) mass is 478 g/mol. The van der Waals surface area contributed by atoms with E-state index in [0.29, 0.717) is 30.2 Å². The third-order valence-corrected chi connectivity index (χ3v) is 6.40. The number of rotatable bonds is 5. The molecule has 0 aliphatic carbocycles. The van der Waals surface area contributed by atoms with Crippen LogP contribution >= 0.6 is 27.3 Å². The molecule has 2 atom stereocenters. The number of aromatic nitrogens is 1. The van der Waals surface area contributed by atoms with Crippen LogP contribution in [0, 0.1) is 12.8 Å². The molecule has 0 aromatic carbocycles. The molecular weight excluding hydrogens is 456 g/mol. The lowest BCUT2D eigenvalue weighted by atomic mass is 9.96. The fraction of sp³-hybridized carbons (Fsp3) is 0.400. The SMILES string of the molecule is Cc1ccc(NC(=O)C2CCCN(C(=O)C(C)NC(=O)c3ccc(Br)s3)C2)nc1. The lowest BCUT2D eigenvalue weighted by Crippen LogP contribution is -2.51. The first-order chi connectivity index (χ1) is 13.8. The van der Waals surface area contributed by atoms with Gasteiger partial charge in [-0.15, -0.1) is 11.3 Å². The molecule has 0 radical (unpaired) electrons. The van der Waals surface area contributed by atoms with E-state index in [9.17, 15) is 14.4 Å². The van der Waals surface area contributed by atoms with Gasteiger partial charge in [0.1, 0.15) is 11.9 Å². The zero-order valence-corrected chi connectivity index (χ0v) is 18.7. The van der Waals surface area contributed by atoms with Crippen molar-refractivity contribution >= 4 is 50.8 Å². The standard InChI is InChI=1S/C20H23BrN4O3S/c1-12-5-8-17(22-10-12)24-18(26)14-4-3-9-25(11-14)20(28)13(2)23-19(27)15-6-7-16(21)29-15/h5-8,10,13-14H,3-4,9,11H2,1-2H3,(H,23,27)(H,22,24,26). The van der Waals surface area contributed by atoms with Crippen molar-refractivity contribution < 1.29 is 14.4 Å². The highest BCUT2D eigenvalue weighted by atomic mass is 79.9. The van der Waals surface area contributed by atoms with Gasteiger partial charge in [-0.25, -0.2) is 4.98 Å². The molecule has 3 heterocycles. The minimum absolute atomic E-state index is 0.140. The van der Waals surface area contributed by atoms with Gasteiger partial charge in [0.15, 0.2) is 0 Å². The van der Waals surface area contributed by atoms with Gasteiger partial charge in [0.05, 0.1) is 14.6 Å². The van der Waals surface area contributed by atoms with Crippen LogP contribution in [0.25, 0.3) is 0 Å². The Hall–Kier alpha value is -2.26. The van der Waals surface area contributed by atoms with Gasteiger partial charge in [0.2, 0.25) is 11.8 Å². The van der Waals surface area contributed by atoms with Crippen molar-refractivity contribution in [2.45, 2.75) is 32.7 Å². The number of amides is 3. The molecule has 29 heavy (non-hydrogen) atoms.